The van der Waals surface area contributed by atoms with Gasteiger partial charge in [0.1, 0.15) is 12.5 Å². The van der Waals surface area contributed by atoms with Gasteiger partial charge in [-0.15, -0.1) is 0 Å². The molecule has 0 fully saturated rings. The van der Waals surface area contributed by atoms with E-state index in [1.165, 1.54) is 6.20 Å². The maximum absolute atomic E-state index is 12.6. The number of rotatable bonds is 15. The van der Waals surface area contributed by atoms with Crippen molar-refractivity contribution in [1.29, 1.82) is 5.31 Å². The molecule has 0 saturated carbocycles. The quantitative estimate of drug-likeness (QED) is 0.0445. The summed E-state index contributed by atoms with van der Waals surface area (Å²) in [7, 11) is 12.1. The Morgan fingerprint density at radius 2 is 1.19 bits per heavy atom. The molecule has 69 heavy (non-hydrogen) atoms. The zero-order valence-corrected chi connectivity index (χ0v) is 41.3. The molecule has 2 aliphatic rings. The fourth-order valence-electron chi connectivity index (χ4n) is 7.23. The third-order valence-electron chi connectivity index (χ3n) is 10.8. The van der Waals surface area contributed by atoms with Crippen LogP contribution in [0.2, 0.25) is 25.7 Å². The van der Waals surface area contributed by atoms with Gasteiger partial charge in [0.15, 0.2) is 35.1 Å². The van der Waals surface area contributed by atoms with E-state index in [4.69, 9.17) is 38.5 Å². The third-order valence-corrected chi connectivity index (χ3v) is 12.5. The maximum atomic E-state index is 12.6. The predicted molar refractivity (Wildman–Crippen MR) is 268 cm³/mol. The van der Waals surface area contributed by atoms with Crippen LogP contribution in [0.15, 0.2) is 97.8 Å². The van der Waals surface area contributed by atoms with Gasteiger partial charge >= 0.3 is 13.0 Å². The molecule has 4 aromatic heterocycles. The summed E-state index contributed by atoms with van der Waals surface area (Å²) in [6.45, 7) is 7.82. The van der Waals surface area contributed by atoms with Crippen molar-refractivity contribution in [2.45, 2.75) is 38.5 Å². The van der Waals surface area contributed by atoms with E-state index in [0.717, 1.165) is 57.0 Å². The van der Waals surface area contributed by atoms with Crippen LogP contribution in [0.1, 0.15) is 32.7 Å². The number of carbonyl (C=O) groups excluding carboxylic acids is 3. The molecule has 1 amide bonds. The average Bonchev–Trinajstić information content (AvgIpc) is 3.87. The molecule has 0 atom stereocenters. The number of pyridine rings is 4. The number of hydrogen-bond acceptors (Lipinski definition) is 15. The topological polar surface area (TPSA) is 194 Å². The first-order chi connectivity index (χ1) is 33.3. The first-order valence-electron chi connectivity index (χ1n) is 21.6. The summed E-state index contributed by atoms with van der Waals surface area (Å²) < 4.78 is 38.4. The monoisotopic (exact) mass is 951 g/mol. The number of ketones is 1. The fourth-order valence-corrected chi connectivity index (χ4v) is 7.98. The summed E-state index contributed by atoms with van der Waals surface area (Å²) >= 11 is 0. The molecule has 1 N–H and O–H groups in total. The summed E-state index contributed by atoms with van der Waals surface area (Å²) in [5.74, 6) is 4.06. The van der Waals surface area contributed by atoms with Crippen LogP contribution in [-0.4, -0.2) is 110 Å². The molecule has 2 aromatic carbocycles. The Morgan fingerprint density at radius 1 is 0.667 bits per heavy atom. The van der Waals surface area contributed by atoms with Gasteiger partial charge in [-0.25, -0.2) is 4.98 Å². The number of hydrogen-bond donors (Lipinski definition) is 1. The van der Waals surface area contributed by atoms with Crippen LogP contribution in [0.4, 0.5) is 5.82 Å². The molecular formula is C51H56BN6O10Si. The summed E-state index contributed by atoms with van der Waals surface area (Å²) in [5.41, 5.74) is 8.11. The molecule has 0 unspecified atom stereocenters. The Morgan fingerprint density at radius 3 is 1.65 bits per heavy atom. The molecule has 0 saturated heterocycles. The fraction of sp³-hybridized carbons (Fsp3) is 0.275. The van der Waals surface area contributed by atoms with E-state index in [0.29, 0.717) is 70.9 Å². The second kappa shape index (κ2) is 25.0. The van der Waals surface area contributed by atoms with Crippen LogP contribution in [0.5, 0.6) is 34.5 Å². The number of nitrogens with one attached hydrogen (secondary N) is 1. The molecule has 1 aliphatic carbocycles. The Hall–Kier alpha value is -7.57. The standard InChI is InChI=1S/C23H20N2O4.C22H30N2O5Si.C6H5NO.BHN/c1-27-21-9-15(10-22(28-2)23(21)29-3)16-8-17-18(7-14-5-4-6-24-12-14)20(26)11-19(17)25-13-16;1-26-18-10-15(11-19(27-2)21(18)28-3)17-9-16-12-20(25)24(22(16)23-13-17)14-29-7-8-30(4,5)6;8-5-6-2-1-3-7-4-6;1-2/h4-10,12-13H,11H2,1-3H3;9-11,13H,7-8,12,14H2,1-6H3;1-5H;2H. The number of amides is 1. The van der Waals surface area contributed by atoms with Crippen LogP contribution < -0.4 is 33.3 Å². The van der Waals surface area contributed by atoms with Gasteiger partial charge in [0.05, 0.1) is 61.2 Å². The molecule has 16 nitrogen and oxygen atoms in total. The zero-order valence-electron chi connectivity index (χ0n) is 40.3. The van der Waals surface area contributed by atoms with Gasteiger partial charge in [-0.3, -0.25) is 34.2 Å². The summed E-state index contributed by atoms with van der Waals surface area (Å²) in [5, 5.41) is 5.25. The van der Waals surface area contributed by atoms with Crippen LogP contribution in [-0.2, 0) is 27.2 Å². The Kier molecular flexibility index (Phi) is 19.0. The first-order valence-corrected chi connectivity index (χ1v) is 25.3. The van der Waals surface area contributed by atoms with Crippen molar-refractivity contribution in [1.82, 2.24) is 19.9 Å². The Balaban J connectivity index is 0.000000215. The van der Waals surface area contributed by atoms with Gasteiger partial charge in [0.2, 0.25) is 17.4 Å². The molecule has 6 aromatic rings. The number of benzene rings is 2. The van der Waals surface area contributed by atoms with Gasteiger partial charge in [-0.05, 0) is 83.4 Å². The van der Waals surface area contributed by atoms with E-state index in [2.05, 4.69) is 47.2 Å². The van der Waals surface area contributed by atoms with Gasteiger partial charge in [0, 0.05) is 85.3 Å². The summed E-state index contributed by atoms with van der Waals surface area (Å²) in [6, 6.07) is 19.7. The molecule has 18 heteroatoms. The van der Waals surface area contributed by atoms with Gasteiger partial charge in [-0.2, -0.15) is 0 Å². The van der Waals surface area contributed by atoms with E-state index in [1.807, 2.05) is 54.6 Å². The second-order valence-corrected chi connectivity index (χ2v) is 22.1. The number of allylic oxidation sites excluding steroid dienone is 1. The van der Waals surface area contributed by atoms with Crippen molar-refractivity contribution < 1.29 is 47.5 Å². The van der Waals surface area contributed by atoms with Crippen molar-refractivity contribution in [3.05, 3.63) is 126 Å². The number of methoxy groups -OCH3 is 6. The van der Waals surface area contributed by atoms with Gasteiger partial charge in [-0.1, -0.05) is 25.7 Å². The van der Waals surface area contributed by atoms with Crippen molar-refractivity contribution in [3.63, 3.8) is 0 Å². The molecule has 5 heterocycles. The van der Waals surface area contributed by atoms with E-state index in [1.54, 1.807) is 90.7 Å². The van der Waals surface area contributed by atoms with E-state index < -0.39 is 8.07 Å². The number of aromatic nitrogens is 4. The van der Waals surface area contributed by atoms with E-state index in [9.17, 15) is 14.4 Å². The average molecular weight is 952 g/mol. The van der Waals surface area contributed by atoms with E-state index >= 15 is 0 Å². The number of Topliss-reactive ketones (excluding diaryl/α,β-unsaturated/α-hetero) is 1. The molecule has 0 bridgehead atoms. The minimum atomic E-state index is -1.16. The Bertz CT molecular complexity index is 2710. The number of fused-ring (bicyclic) bond motifs is 2. The van der Waals surface area contributed by atoms with E-state index in [-0.39, 0.29) is 18.4 Å². The SMILES string of the molecule is COc1cc(-c2cnc3c(c2)C(=Cc2cccnc2)C(=O)C3)cc(OC)c1OC.COc1cc(-c2cnc3c(c2)CC(=O)N3COCC[Si](C)(C)C)cc(OC)c1OC.O=Cc1cccnc1.[B]=N. The minimum absolute atomic E-state index is 0.00699. The first kappa shape index (κ1) is 52.4. The molecule has 1 aliphatic heterocycles. The molecule has 357 valence electrons. The van der Waals surface area contributed by atoms with Crippen LogP contribution in [0.3, 0.4) is 0 Å². The van der Waals surface area contributed by atoms with Crippen molar-refractivity contribution >= 4 is 51.2 Å². The zero-order chi connectivity index (χ0) is 50.1. The Labute approximate surface area is 404 Å². The number of ether oxygens (including phenoxy) is 7. The molecule has 1 radical (unpaired) electrons. The van der Waals surface area contributed by atoms with Crippen molar-refractivity contribution in [2.24, 2.45) is 0 Å². The summed E-state index contributed by atoms with van der Waals surface area (Å²) in [4.78, 5) is 53.6. The number of aldehydes is 1. The van der Waals surface area contributed by atoms with Gasteiger partial charge < -0.3 is 33.2 Å². The summed E-state index contributed by atoms with van der Waals surface area (Å²) in [6.07, 6.45) is 13.4. The normalized spacial score (nSPS) is 12.8. The molecule has 8 rings (SSSR count). The molecular weight excluding hydrogens is 895 g/mol. The van der Waals surface area contributed by atoms with Crippen LogP contribution >= 0.6 is 0 Å². The van der Waals surface area contributed by atoms with Gasteiger partial charge in [0.25, 0.3) is 0 Å². The van der Waals surface area contributed by atoms with Crippen LogP contribution in [0.25, 0.3) is 33.9 Å². The number of anilines is 1. The second-order valence-electron chi connectivity index (χ2n) is 16.4. The van der Waals surface area contributed by atoms with Crippen molar-refractivity contribution in [3.8, 4) is 56.8 Å². The molecule has 0 spiro atoms. The predicted octanol–water partition coefficient (Wildman–Crippen LogP) is 8.62. The number of nitrogens with zero attached hydrogens (tertiary/aromatic N) is 5. The van der Waals surface area contributed by atoms with Crippen LogP contribution in [0, 0.1) is 5.31 Å². The van der Waals surface area contributed by atoms with Crippen molar-refractivity contribution in [2.75, 3.05) is 60.9 Å². The number of carbonyl (C=O) groups is 3. The third kappa shape index (κ3) is 13.3.